The third kappa shape index (κ3) is 1.57. The van der Waals surface area contributed by atoms with Gasteiger partial charge < -0.3 is 5.11 Å². The van der Waals surface area contributed by atoms with Gasteiger partial charge in [0, 0.05) is 4.90 Å². The van der Waals surface area contributed by atoms with E-state index in [0.29, 0.717) is 0 Å². The van der Waals surface area contributed by atoms with E-state index in [2.05, 4.69) is 38.1 Å². The smallest absolute Gasteiger partial charge is 0.0848 e. The molecule has 0 saturated heterocycles. The van der Waals surface area contributed by atoms with Crippen LogP contribution in [0.2, 0.25) is 0 Å². The molecule has 0 heterocycles. The van der Waals surface area contributed by atoms with Crippen LogP contribution in [-0.2, 0) is 0 Å². The molecule has 0 amide bonds. The molecule has 2 saturated carbocycles. The van der Waals surface area contributed by atoms with E-state index in [1.165, 1.54) is 4.90 Å². The fraction of sp³-hybridized carbons (Fsp3) is 0.600. The molecule has 0 aliphatic heterocycles. The zero-order valence-electron chi connectivity index (χ0n) is 10.6. The number of thioether (sulfide) groups is 1. The molecule has 0 radical (unpaired) electrons. The SMILES string of the molecule is CC1(C)CCC1(O)C1(Sc2ccccc2)CC1. The zero-order valence-corrected chi connectivity index (χ0v) is 11.4. The molecule has 1 nitrogen and oxygen atoms in total. The van der Waals surface area contributed by atoms with Crippen LogP contribution in [0.3, 0.4) is 0 Å². The minimum atomic E-state index is -0.458. The van der Waals surface area contributed by atoms with Gasteiger partial charge in [0.2, 0.25) is 0 Å². The lowest BCUT2D eigenvalue weighted by molar-refractivity contribution is -0.153. The van der Waals surface area contributed by atoms with Gasteiger partial charge in [0.05, 0.1) is 10.3 Å². The van der Waals surface area contributed by atoms with E-state index in [9.17, 15) is 5.11 Å². The number of rotatable bonds is 3. The first kappa shape index (κ1) is 11.6. The highest BCUT2D eigenvalue weighted by atomic mass is 32.2. The van der Waals surface area contributed by atoms with E-state index in [1.807, 2.05) is 17.8 Å². The van der Waals surface area contributed by atoms with E-state index >= 15 is 0 Å². The van der Waals surface area contributed by atoms with Gasteiger partial charge in [-0.1, -0.05) is 32.0 Å². The standard InChI is InChI=1S/C15H20OS/c1-13(2)8-11-15(13,16)14(9-10-14)17-12-6-4-3-5-7-12/h3-7,16H,8-11H2,1-2H3. The van der Waals surface area contributed by atoms with Crippen LogP contribution in [0.5, 0.6) is 0 Å². The minimum absolute atomic E-state index is 0.0886. The van der Waals surface area contributed by atoms with E-state index in [4.69, 9.17) is 0 Å². The molecule has 1 aromatic carbocycles. The lowest BCUT2D eigenvalue weighted by Crippen LogP contribution is -2.61. The molecule has 17 heavy (non-hydrogen) atoms. The van der Waals surface area contributed by atoms with Crippen molar-refractivity contribution in [3.8, 4) is 0 Å². The Morgan fingerprint density at radius 2 is 1.65 bits per heavy atom. The normalized spacial score (nSPS) is 32.9. The Hall–Kier alpha value is -0.470. The Labute approximate surface area is 108 Å². The summed E-state index contributed by atoms with van der Waals surface area (Å²) < 4.78 is 0.0934. The van der Waals surface area contributed by atoms with Gasteiger partial charge in [-0.3, -0.25) is 0 Å². The highest BCUT2D eigenvalue weighted by Gasteiger charge is 2.69. The van der Waals surface area contributed by atoms with Gasteiger partial charge in [-0.25, -0.2) is 0 Å². The second-order valence-corrected chi connectivity index (χ2v) is 7.61. The summed E-state index contributed by atoms with van der Waals surface area (Å²) in [4.78, 5) is 1.29. The monoisotopic (exact) mass is 248 g/mol. The van der Waals surface area contributed by atoms with Crippen molar-refractivity contribution in [1.29, 1.82) is 0 Å². The third-order valence-electron chi connectivity index (χ3n) is 4.75. The molecule has 2 fully saturated rings. The molecule has 0 aromatic heterocycles. The van der Waals surface area contributed by atoms with Crippen LogP contribution in [0.1, 0.15) is 39.5 Å². The summed E-state index contributed by atoms with van der Waals surface area (Å²) in [5.41, 5.74) is -0.369. The third-order valence-corrected chi connectivity index (χ3v) is 6.39. The van der Waals surface area contributed by atoms with Crippen LogP contribution in [0.25, 0.3) is 0 Å². The summed E-state index contributed by atoms with van der Waals surface area (Å²) in [6.07, 6.45) is 4.44. The Morgan fingerprint density at radius 3 is 2.06 bits per heavy atom. The van der Waals surface area contributed by atoms with Crippen molar-refractivity contribution in [2.24, 2.45) is 5.41 Å². The molecule has 92 valence electrons. The molecule has 1 aromatic rings. The Bertz CT molecular complexity index is 422. The van der Waals surface area contributed by atoms with Crippen molar-refractivity contribution in [3.63, 3.8) is 0 Å². The van der Waals surface area contributed by atoms with Crippen molar-refractivity contribution >= 4 is 11.8 Å². The first-order valence-corrected chi connectivity index (χ1v) is 7.27. The van der Waals surface area contributed by atoms with Crippen molar-refractivity contribution in [3.05, 3.63) is 30.3 Å². The predicted octanol–water partition coefficient (Wildman–Crippen LogP) is 3.86. The topological polar surface area (TPSA) is 20.2 Å². The number of hydrogen-bond donors (Lipinski definition) is 1. The Balaban J connectivity index is 1.84. The van der Waals surface area contributed by atoms with E-state index < -0.39 is 5.60 Å². The minimum Gasteiger partial charge on any atom is -0.388 e. The molecule has 2 aliphatic rings. The maximum absolute atomic E-state index is 11.0. The predicted molar refractivity (Wildman–Crippen MR) is 72.2 cm³/mol. The molecule has 0 spiro atoms. The summed E-state index contributed by atoms with van der Waals surface area (Å²) in [7, 11) is 0. The van der Waals surface area contributed by atoms with Gasteiger partial charge in [-0.2, -0.15) is 0 Å². The fourth-order valence-electron chi connectivity index (χ4n) is 3.13. The molecule has 2 heteroatoms. The number of hydrogen-bond acceptors (Lipinski definition) is 2. The van der Waals surface area contributed by atoms with Crippen molar-refractivity contribution in [2.75, 3.05) is 0 Å². The molecular weight excluding hydrogens is 228 g/mol. The summed E-state index contributed by atoms with van der Waals surface area (Å²) in [6, 6.07) is 10.5. The molecular formula is C15H20OS. The van der Waals surface area contributed by atoms with Gasteiger partial charge >= 0.3 is 0 Å². The Morgan fingerprint density at radius 1 is 1.00 bits per heavy atom. The average Bonchev–Trinajstić information content (AvgIpc) is 3.09. The molecule has 2 aliphatic carbocycles. The summed E-state index contributed by atoms with van der Waals surface area (Å²) >= 11 is 1.89. The van der Waals surface area contributed by atoms with E-state index in [-0.39, 0.29) is 10.2 Å². The van der Waals surface area contributed by atoms with Crippen LogP contribution >= 0.6 is 11.8 Å². The van der Waals surface area contributed by atoms with Crippen LogP contribution in [0.15, 0.2) is 35.2 Å². The zero-order chi connectivity index (χ0) is 12.1. The maximum Gasteiger partial charge on any atom is 0.0848 e. The fourth-order valence-corrected chi connectivity index (χ4v) is 4.73. The molecule has 1 atom stereocenters. The second kappa shape index (κ2) is 3.52. The van der Waals surface area contributed by atoms with Gasteiger partial charge in [-0.15, -0.1) is 11.8 Å². The van der Waals surface area contributed by atoms with Gasteiger partial charge in [-0.05, 0) is 43.2 Å². The lowest BCUT2D eigenvalue weighted by Gasteiger charge is -2.57. The number of aliphatic hydroxyl groups is 1. The molecule has 1 unspecified atom stereocenters. The molecule has 3 rings (SSSR count). The Kier molecular flexibility index (Phi) is 2.40. The first-order valence-electron chi connectivity index (χ1n) is 6.46. The second-order valence-electron chi connectivity index (χ2n) is 6.15. The summed E-state index contributed by atoms with van der Waals surface area (Å²) in [5, 5.41) is 11.0. The summed E-state index contributed by atoms with van der Waals surface area (Å²) in [6.45, 7) is 4.42. The molecule has 0 bridgehead atoms. The van der Waals surface area contributed by atoms with Crippen LogP contribution in [0, 0.1) is 5.41 Å². The quantitative estimate of drug-likeness (QED) is 0.876. The van der Waals surface area contributed by atoms with Gasteiger partial charge in [0.1, 0.15) is 0 Å². The average molecular weight is 248 g/mol. The van der Waals surface area contributed by atoms with Crippen molar-refractivity contribution < 1.29 is 5.11 Å². The first-order chi connectivity index (χ1) is 7.99. The van der Waals surface area contributed by atoms with Gasteiger partial charge in [0.25, 0.3) is 0 Å². The lowest BCUT2D eigenvalue weighted by atomic mass is 9.56. The van der Waals surface area contributed by atoms with Crippen molar-refractivity contribution in [2.45, 2.75) is 54.8 Å². The largest absolute Gasteiger partial charge is 0.388 e. The van der Waals surface area contributed by atoms with E-state index in [1.54, 1.807) is 0 Å². The van der Waals surface area contributed by atoms with Crippen molar-refractivity contribution in [1.82, 2.24) is 0 Å². The summed E-state index contributed by atoms with van der Waals surface area (Å²) in [5.74, 6) is 0. The number of benzene rings is 1. The molecule has 1 N–H and O–H groups in total. The maximum atomic E-state index is 11.0. The highest BCUT2D eigenvalue weighted by Crippen LogP contribution is 2.69. The van der Waals surface area contributed by atoms with E-state index in [0.717, 1.165) is 25.7 Å². The van der Waals surface area contributed by atoms with Crippen LogP contribution in [0.4, 0.5) is 0 Å². The van der Waals surface area contributed by atoms with Crippen LogP contribution in [-0.4, -0.2) is 15.5 Å². The van der Waals surface area contributed by atoms with Gasteiger partial charge in [0.15, 0.2) is 0 Å². The van der Waals surface area contributed by atoms with Crippen LogP contribution < -0.4 is 0 Å². The highest BCUT2D eigenvalue weighted by molar-refractivity contribution is 8.01.